The molecule has 7 heteroatoms. The van der Waals surface area contributed by atoms with Crippen molar-refractivity contribution in [1.29, 1.82) is 0 Å². The summed E-state index contributed by atoms with van der Waals surface area (Å²) in [6.45, 7) is 5.64. The maximum absolute atomic E-state index is 11.5. The molecule has 0 spiro atoms. The van der Waals surface area contributed by atoms with Crippen molar-refractivity contribution < 1.29 is 14.1 Å². The van der Waals surface area contributed by atoms with E-state index in [1.807, 2.05) is 6.92 Å². The molecule has 0 unspecified atom stereocenters. The van der Waals surface area contributed by atoms with Gasteiger partial charge in [0.2, 0.25) is 5.91 Å². The van der Waals surface area contributed by atoms with Crippen molar-refractivity contribution in [2.45, 2.75) is 26.8 Å². The number of amides is 3. The summed E-state index contributed by atoms with van der Waals surface area (Å²) in [7, 11) is 0. The van der Waals surface area contributed by atoms with E-state index in [0.29, 0.717) is 18.1 Å². The van der Waals surface area contributed by atoms with Crippen molar-refractivity contribution in [2.24, 2.45) is 0 Å². The molecule has 3 N–H and O–H groups in total. The standard InChI is InChI=1S/C10H16N4O3/c1-4-11-9(15)7(3)12-10(16)13-8-5-6(2)17-14-8/h5,7H,4H2,1-3H3,(H,11,15)(H2,12,13,14,16)/t7-/m1/s1. The third-order valence-corrected chi connectivity index (χ3v) is 1.96. The number of aromatic nitrogens is 1. The average Bonchev–Trinajstić information content (AvgIpc) is 2.64. The average molecular weight is 240 g/mol. The Morgan fingerprint density at radius 2 is 2.24 bits per heavy atom. The first-order valence-corrected chi connectivity index (χ1v) is 5.31. The molecular weight excluding hydrogens is 224 g/mol. The molecule has 1 aromatic heterocycles. The zero-order valence-electron chi connectivity index (χ0n) is 10.0. The van der Waals surface area contributed by atoms with Crippen LogP contribution in [0.25, 0.3) is 0 Å². The molecule has 0 radical (unpaired) electrons. The maximum Gasteiger partial charge on any atom is 0.321 e. The number of aryl methyl sites for hydroxylation is 1. The first-order chi connectivity index (χ1) is 8.02. The lowest BCUT2D eigenvalue weighted by molar-refractivity contribution is -0.122. The molecule has 17 heavy (non-hydrogen) atoms. The lowest BCUT2D eigenvalue weighted by Gasteiger charge is -2.12. The molecule has 1 atom stereocenters. The number of hydrogen-bond acceptors (Lipinski definition) is 4. The van der Waals surface area contributed by atoms with Crippen molar-refractivity contribution >= 4 is 17.8 Å². The zero-order chi connectivity index (χ0) is 12.8. The van der Waals surface area contributed by atoms with Crippen molar-refractivity contribution in [3.63, 3.8) is 0 Å². The van der Waals surface area contributed by atoms with E-state index in [2.05, 4.69) is 21.1 Å². The van der Waals surface area contributed by atoms with Crippen LogP contribution in [0.4, 0.5) is 10.6 Å². The molecule has 0 bridgehead atoms. The molecule has 0 saturated heterocycles. The molecule has 0 fully saturated rings. The van der Waals surface area contributed by atoms with Gasteiger partial charge in [-0.05, 0) is 20.8 Å². The van der Waals surface area contributed by atoms with Crippen LogP contribution in [0.5, 0.6) is 0 Å². The fourth-order valence-corrected chi connectivity index (χ4v) is 1.17. The van der Waals surface area contributed by atoms with Gasteiger partial charge in [0.25, 0.3) is 0 Å². The zero-order valence-corrected chi connectivity index (χ0v) is 10.0. The Labute approximate surface area is 98.9 Å². The van der Waals surface area contributed by atoms with Crippen LogP contribution >= 0.6 is 0 Å². The fourth-order valence-electron chi connectivity index (χ4n) is 1.17. The van der Waals surface area contributed by atoms with Gasteiger partial charge in [0.15, 0.2) is 5.82 Å². The van der Waals surface area contributed by atoms with E-state index < -0.39 is 12.1 Å². The van der Waals surface area contributed by atoms with Gasteiger partial charge in [-0.2, -0.15) is 0 Å². The molecule has 7 nitrogen and oxygen atoms in total. The molecule has 0 aliphatic heterocycles. The molecule has 0 aliphatic carbocycles. The van der Waals surface area contributed by atoms with Gasteiger partial charge in [-0.3, -0.25) is 10.1 Å². The third kappa shape index (κ3) is 4.13. The van der Waals surface area contributed by atoms with Gasteiger partial charge in [0.05, 0.1) is 0 Å². The first kappa shape index (κ1) is 13.0. The molecule has 0 aliphatic rings. The third-order valence-electron chi connectivity index (χ3n) is 1.96. The highest BCUT2D eigenvalue weighted by Gasteiger charge is 2.15. The topological polar surface area (TPSA) is 96.3 Å². The predicted molar refractivity (Wildman–Crippen MR) is 61.5 cm³/mol. The smallest absolute Gasteiger partial charge is 0.321 e. The number of rotatable bonds is 4. The van der Waals surface area contributed by atoms with E-state index in [1.165, 1.54) is 0 Å². The van der Waals surface area contributed by atoms with Gasteiger partial charge >= 0.3 is 6.03 Å². The second-order valence-corrected chi connectivity index (χ2v) is 3.54. The number of urea groups is 1. The van der Waals surface area contributed by atoms with Crippen molar-refractivity contribution in [3.8, 4) is 0 Å². The molecule has 1 rings (SSSR count). The van der Waals surface area contributed by atoms with Crippen LogP contribution in [-0.4, -0.2) is 29.7 Å². The SMILES string of the molecule is CCNC(=O)[C@@H](C)NC(=O)Nc1cc(C)on1. The highest BCUT2D eigenvalue weighted by atomic mass is 16.5. The molecular formula is C10H16N4O3. The van der Waals surface area contributed by atoms with Gasteiger partial charge < -0.3 is 15.2 Å². The van der Waals surface area contributed by atoms with Gasteiger partial charge in [0, 0.05) is 12.6 Å². The summed E-state index contributed by atoms with van der Waals surface area (Å²) < 4.78 is 4.78. The Hall–Kier alpha value is -2.05. The Balaban J connectivity index is 2.41. The molecule has 3 amide bonds. The number of carbonyl (C=O) groups is 2. The van der Waals surface area contributed by atoms with E-state index >= 15 is 0 Å². The predicted octanol–water partition coefficient (Wildman–Crippen LogP) is 0.629. The number of nitrogens with zero attached hydrogens (tertiary/aromatic N) is 1. The Morgan fingerprint density at radius 1 is 1.53 bits per heavy atom. The van der Waals surface area contributed by atoms with Gasteiger partial charge in [0.1, 0.15) is 11.8 Å². The maximum atomic E-state index is 11.5. The van der Waals surface area contributed by atoms with Crippen LogP contribution < -0.4 is 16.0 Å². The van der Waals surface area contributed by atoms with Crippen molar-refractivity contribution in [3.05, 3.63) is 11.8 Å². The number of hydrogen-bond donors (Lipinski definition) is 3. The summed E-state index contributed by atoms with van der Waals surface area (Å²) in [6.07, 6.45) is 0. The van der Waals surface area contributed by atoms with Crippen LogP contribution in [0.1, 0.15) is 19.6 Å². The quantitative estimate of drug-likeness (QED) is 0.719. The normalized spacial score (nSPS) is 11.7. The van der Waals surface area contributed by atoms with E-state index in [1.54, 1.807) is 19.9 Å². The summed E-state index contributed by atoms with van der Waals surface area (Å²) >= 11 is 0. The lowest BCUT2D eigenvalue weighted by Crippen LogP contribution is -2.46. The van der Waals surface area contributed by atoms with Crippen molar-refractivity contribution in [2.75, 3.05) is 11.9 Å². The number of anilines is 1. The van der Waals surface area contributed by atoms with Crippen LogP contribution in [0, 0.1) is 6.92 Å². The summed E-state index contributed by atoms with van der Waals surface area (Å²) in [4.78, 5) is 22.8. The van der Waals surface area contributed by atoms with E-state index in [-0.39, 0.29) is 5.91 Å². The second-order valence-electron chi connectivity index (χ2n) is 3.54. The largest absolute Gasteiger partial charge is 0.360 e. The van der Waals surface area contributed by atoms with Gasteiger partial charge in [-0.1, -0.05) is 5.16 Å². The highest BCUT2D eigenvalue weighted by Crippen LogP contribution is 2.06. The molecule has 94 valence electrons. The number of nitrogens with one attached hydrogen (secondary N) is 3. The van der Waals surface area contributed by atoms with Crippen LogP contribution in [0.15, 0.2) is 10.6 Å². The molecule has 1 heterocycles. The Morgan fingerprint density at radius 3 is 2.76 bits per heavy atom. The molecule has 0 saturated carbocycles. The van der Waals surface area contributed by atoms with E-state index in [0.717, 1.165) is 0 Å². The number of carbonyl (C=O) groups excluding carboxylic acids is 2. The minimum atomic E-state index is -0.608. The van der Waals surface area contributed by atoms with Crippen LogP contribution in [-0.2, 0) is 4.79 Å². The van der Waals surface area contributed by atoms with E-state index in [9.17, 15) is 9.59 Å². The fraction of sp³-hybridized carbons (Fsp3) is 0.500. The highest BCUT2D eigenvalue weighted by molar-refractivity contribution is 5.92. The van der Waals surface area contributed by atoms with Crippen LogP contribution in [0.2, 0.25) is 0 Å². The Kier molecular flexibility index (Phi) is 4.50. The number of likely N-dealkylation sites (N-methyl/N-ethyl adjacent to an activating group) is 1. The summed E-state index contributed by atoms with van der Waals surface area (Å²) in [5, 5.41) is 11.1. The first-order valence-electron chi connectivity index (χ1n) is 5.31. The molecule has 0 aromatic carbocycles. The van der Waals surface area contributed by atoms with Gasteiger partial charge in [-0.15, -0.1) is 0 Å². The lowest BCUT2D eigenvalue weighted by atomic mass is 10.3. The Bertz CT molecular complexity index is 402. The van der Waals surface area contributed by atoms with Gasteiger partial charge in [-0.25, -0.2) is 4.79 Å². The summed E-state index contributed by atoms with van der Waals surface area (Å²) in [5.41, 5.74) is 0. The second kappa shape index (κ2) is 5.88. The minimum Gasteiger partial charge on any atom is -0.360 e. The van der Waals surface area contributed by atoms with E-state index in [4.69, 9.17) is 4.52 Å². The summed E-state index contributed by atoms with van der Waals surface area (Å²) in [5.74, 6) is 0.666. The van der Waals surface area contributed by atoms with Crippen molar-refractivity contribution in [1.82, 2.24) is 15.8 Å². The molecule has 1 aromatic rings. The summed E-state index contributed by atoms with van der Waals surface area (Å²) in [6, 6.07) is 0.469. The minimum absolute atomic E-state index is 0.237. The monoisotopic (exact) mass is 240 g/mol. The van der Waals surface area contributed by atoms with Crippen LogP contribution in [0.3, 0.4) is 0 Å².